The first-order valence-corrected chi connectivity index (χ1v) is 3.00. The largest absolute Gasteiger partial charge is 0.390 e. The van der Waals surface area contributed by atoms with Gasteiger partial charge in [0.2, 0.25) is 0 Å². The van der Waals surface area contributed by atoms with E-state index in [2.05, 4.69) is 0 Å². The highest BCUT2D eigenvalue weighted by atomic mass is 19.1. The van der Waals surface area contributed by atoms with Crippen molar-refractivity contribution in [2.24, 2.45) is 0 Å². The Kier molecular flexibility index (Phi) is 3.79. The zero-order valence-electron chi connectivity index (χ0n) is 5.39. The molecule has 0 aromatic rings. The number of halogens is 1. The maximum Gasteiger partial charge on any atom is 0.123 e. The molecule has 0 aliphatic carbocycles. The van der Waals surface area contributed by atoms with E-state index in [1.54, 1.807) is 0 Å². The summed E-state index contributed by atoms with van der Waals surface area (Å²) in [4.78, 5) is 0. The molecular weight excluding hydrogens is 107 g/mol. The molecule has 2 atom stereocenters. The van der Waals surface area contributed by atoms with Crippen LogP contribution in [0, 0.1) is 0 Å². The third-order valence-electron chi connectivity index (χ3n) is 1.11. The van der Waals surface area contributed by atoms with E-state index in [-0.39, 0.29) is 0 Å². The molecule has 0 saturated carbocycles. The van der Waals surface area contributed by atoms with Crippen LogP contribution in [0.15, 0.2) is 0 Å². The molecular formula is C6H13FO. The fourth-order valence-electron chi connectivity index (χ4n) is 0.525. The van der Waals surface area contributed by atoms with Crippen LogP contribution in [-0.2, 0) is 0 Å². The van der Waals surface area contributed by atoms with Crippen LogP contribution in [0.5, 0.6) is 0 Å². The Balaban J connectivity index is 3.17. The van der Waals surface area contributed by atoms with Gasteiger partial charge in [0.25, 0.3) is 0 Å². The molecule has 50 valence electrons. The predicted molar refractivity (Wildman–Crippen MR) is 31.5 cm³/mol. The first-order valence-electron chi connectivity index (χ1n) is 3.00. The molecule has 0 radical (unpaired) electrons. The Labute approximate surface area is 49.5 Å². The third kappa shape index (κ3) is 2.97. The summed E-state index contributed by atoms with van der Waals surface area (Å²) < 4.78 is 12.0. The predicted octanol–water partition coefficient (Wildman–Crippen LogP) is 1.51. The van der Waals surface area contributed by atoms with Gasteiger partial charge in [0, 0.05) is 0 Å². The molecule has 0 aromatic heterocycles. The molecule has 0 heterocycles. The Morgan fingerprint density at radius 2 is 2.12 bits per heavy atom. The Bertz CT molecular complexity index is 54.5. The van der Waals surface area contributed by atoms with Crippen molar-refractivity contribution in [3.63, 3.8) is 0 Å². The van der Waals surface area contributed by atoms with Crippen molar-refractivity contribution in [1.82, 2.24) is 0 Å². The van der Waals surface area contributed by atoms with Gasteiger partial charge < -0.3 is 5.11 Å². The lowest BCUT2D eigenvalue weighted by molar-refractivity contribution is 0.0800. The highest BCUT2D eigenvalue weighted by molar-refractivity contribution is 4.59. The summed E-state index contributed by atoms with van der Waals surface area (Å²) in [5, 5.41) is 8.75. The van der Waals surface area contributed by atoms with Gasteiger partial charge in [-0.15, -0.1) is 0 Å². The van der Waals surface area contributed by atoms with Gasteiger partial charge in [-0.1, -0.05) is 13.3 Å². The number of hydrogen-bond donors (Lipinski definition) is 1. The molecule has 0 aliphatic rings. The van der Waals surface area contributed by atoms with Crippen LogP contribution in [0.2, 0.25) is 0 Å². The van der Waals surface area contributed by atoms with Gasteiger partial charge in [-0.2, -0.15) is 0 Å². The number of hydrogen-bond acceptors (Lipinski definition) is 1. The lowest BCUT2D eigenvalue weighted by Crippen LogP contribution is -2.17. The van der Waals surface area contributed by atoms with Gasteiger partial charge in [-0.05, 0) is 13.3 Å². The average Bonchev–Trinajstić information content (AvgIpc) is 1.67. The van der Waals surface area contributed by atoms with Crippen molar-refractivity contribution in [3.8, 4) is 0 Å². The zero-order valence-corrected chi connectivity index (χ0v) is 5.39. The topological polar surface area (TPSA) is 20.2 Å². The molecule has 8 heavy (non-hydrogen) atoms. The fraction of sp³-hybridized carbons (Fsp3) is 1.00. The molecule has 0 bridgehead atoms. The minimum Gasteiger partial charge on any atom is -0.390 e. The van der Waals surface area contributed by atoms with Gasteiger partial charge in [-0.25, -0.2) is 4.39 Å². The molecule has 0 fully saturated rings. The molecule has 0 rings (SSSR count). The summed E-state index contributed by atoms with van der Waals surface area (Å²) in [6, 6.07) is 0. The SMILES string of the molecule is CCCC(O)[C@@H](C)F. The van der Waals surface area contributed by atoms with E-state index in [9.17, 15) is 4.39 Å². The summed E-state index contributed by atoms with van der Waals surface area (Å²) in [6.07, 6.45) is -0.414. The normalized spacial score (nSPS) is 18.0. The van der Waals surface area contributed by atoms with Crippen molar-refractivity contribution in [3.05, 3.63) is 0 Å². The molecule has 0 aliphatic heterocycles. The van der Waals surface area contributed by atoms with Crippen LogP contribution in [0.4, 0.5) is 4.39 Å². The first-order chi connectivity index (χ1) is 3.68. The first kappa shape index (κ1) is 7.89. The second-order valence-corrected chi connectivity index (χ2v) is 2.03. The van der Waals surface area contributed by atoms with Crippen LogP contribution in [0.3, 0.4) is 0 Å². The lowest BCUT2D eigenvalue weighted by Gasteiger charge is -2.08. The summed E-state index contributed by atoms with van der Waals surface area (Å²) >= 11 is 0. The van der Waals surface area contributed by atoms with E-state index in [4.69, 9.17) is 5.11 Å². The maximum atomic E-state index is 12.0. The van der Waals surface area contributed by atoms with Crippen molar-refractivity contribution >= 4 is 0 Å². The lowest BCUT2D eigenvalue weighted by atomic mass is 10.1. The Hall–Kier alpha value is -0.110. The Morgan fingerprint density at radius 1 is 1.62 bits per heavy atom. The Morgan fingerprint density at radius 3 is 2.25 bits per heavy atom. The molecule has 1 unspecified atom stereocenters. The van der Waals surface area contributed by atoms with E-state index in [1.165, 1.54) is 6.92 Å². The molecule has 2 heteroatoms. The van der Waals surface area contributed by atoms with Gasteiger partial charge in [-0.3, -0.25) is 0 Å². The standard InChI is InChI=1S/C6H13FO/c1-3-4-6(8)5(2)7/h5-6,8H,3-4H2,1-2H3/t5-,6?/m1/s1. The number of rotatable bonds is 3. The smallest absolute Gasteiger partial charge is 0.123 e. The van der Waals surface area contributed by atoms with E-state index in [0.29, 0.717) is 6.42 Å². The van der Waals surface area contributed by atoms with Gasteiger partial charge in [0.15, 0.2) is 0 Å². The zero-order chi connectivity index (χ0) is 6.57. The average molecular weight is 120 g/mol. The second-order valence-electron chi connectivity index (χ2n) is 2.03. The van der Waals surface area contributed by atoms with E-state index >= 15 is 0 Å². The van der Waals surface area contributed by atoms with Crippen LogP contribution < -0.4 is 0 Å². The number of alkyl halides is 1. The number of aliphatic hydroxyl groups excluding tert-OH is 1. The van der Waals surface area contributed by atoms with E-state index in [1.807, 2.05) is 6.92 Å². The fourth-order valence-corrected chi connectivity index (χ4v) is 0.525. The minimum absolute atomic E-state index is 0.567. The van der Waals surface area contributed by atoms with Crippen molar-refractivity contribution in [1.29, 1.82) is 0 Å². The quantitative estimate of drug-likeness (QED) is 0.598. The summed E-state index contributed by atoms with van der Waals surface area (Å²) in [6.45, 7) is 3.30. The summed E-state index contributed by atoms with van der Waals surface area (Å²) in [5.74, 6) is 0. The number of aliphatic hydroxyl groups is 1. The van der Waals surface area contributed by atoms with Crippen molar-refractivity contribution in [2.45, 2.75) is 39.0 Å². The molecule has 0 saturated heterocycles. The molecule has 0 amide bonds. The monoisotopic (exact) mass is 120 g/mol. The van der Waals surface area contributed by atoms with Crippen LogP contribution in [-0.4, -0.2) is 17.4 Å². The third-order valence-corrected chi connectivity index (χ3v) is 1.11. The van der Waals surface area contributed by atoms with Gasteiger partial charge in [0.1, 0.15) is 6.17 Å². The summed E-state index contributed by atoms with van der Waals surface area (Å²) in [5.41, 5.74) is 0. The van der Waals surface area contributed by atoms with E-state index in [0.717, 1.165) is 6.42 Å². The second kappa shape index (κ2) is 3.84. The molecule has 0 aromatic carbocycles. The summed E-state index contributed by atoms with van der Waals surface area (Å²) in [7, 11) is 0. The molecule has 1 nitrogen and oxygen atoms in total. The van der Waals surface area contributed by atoms with Crippen LogP contribution in [0.25, 0.3) is 0 Å². The minimum atomic E-state index is -1.07. The highest BCUT2D eigenvalue weighted by Gasteiger charge is 2.09. The maximum absolute atomic E-state index is 12.0. The van der Waals surface area contributed by atoms with E-state index < -0.39 is 12.3 Å². The highest BCUT2D eigenvalue weighted by Crippen LogP contribution is 2.03. The van der Waals surface area contributed by atoms with Gasteiger partial charge >= 0.3 is 0 Å². The van der Waals surface area contributed by atoms with Crippen LogP contribution in [0.1, 0.15) is 26.7 Å². The van der Waals surface area contributed by atoms with Gasteiger partial charge in [0.05, 0.1) is 6.10 Å². The molecule has 1 N–H and O–H groups in total. The molecule has 0 spiro atoms. The van der Waals surface area contributed by atoms with Crippen molar-refractivity contribution < 1.29 is 9.50 Å². The van der Waals surface area contributed by atoms with Crippen molar-refractivity contribution in [2.75, 3.05) is 0 Å². The van der Waals surface area contributed by atoms with Crippen LogP contribution >= 0.6 is 0 Å².